The third kappa shape index (κ3) is 10.9. The van der Waals surface area contributed by atoms with Gasteiger partial charge in [-0.05, 0) is 94.3 Å². The molecule has 10 nitrogen and oxygen atoms in total. The van der Waals surface area contributed by atoms with Crippen LogP contribution in [-0.2, 0) is 15.6 Å². The number of halogens is 5. The molecule has 5 aromatic rings. The third-order valence-electron chi connectivity index (χ3n) is 11.3. The molecule has 0 saturated heterocycles. The minimum atomic E-state index is -2.04. The highest BCUT2D eigenvalue weighted by atomic mass is 79.9. The number of ether oxygens (including phenoxy) is 1. The highest BCUT2D eigenvalue weighted by Gasteiger charge is 2.38. The van der Waals surface area contributed by atoms with Gasteiger partial charge in [0.15, 0.2) is 8.32 Å². The van der Waals surface area contributed by atoms with Crippen LogP contribution in [0.2, 0.25) is 23.2 Å². The van der Waals surface area contributed by atoms with E-state index >= 15 is 0 Å². The zero-order valence-corrected chi connectivity index (χ0v) is 39.3. The maximum atomic E-state index is 14.9. The van der Waals surface area contributed by atoms with Crippen LogP contribution in [0, 0.1) is 29.3 Å². The van der Waals surface area contributed by atoms with Crippen LogP contribution in [0.15, 0.2) is 68.9 Å². The van der Waals surface area contributed by atoms with E-state index < -0.39 is 60.2 Å². The van der Waals surface area contributed by atoms with Crippen molar-refractivity contribution in [3.63, 3.8) is 0 Å². The molecule has 330 valence electrons. The number of aliphatic hydroxyl groups is 1. The largest absolute Gasteiger partial charge is 0.477 e. The van der Waals surface area contributed by atoms with E-state index in [0.717, 1.165) is 12.3 Å². The first-order chi connectivity index (χ1) is 28.4. The van der Waals surface area contributed by atoms with Crippen LogP contribution in [0.1, 0.15) is 99.3 Å². The number of aromatic nitrogens is 2. The van der Waals surface area contributed by atoms with Crippen molar-refractivity contribution < 1.29 is 42.1 Å². The molecule has 0 spiro atoms. The summed E-state index contributed by atoms with van der Waals surface area (Å²) in [4.78, 5) is 49.9. The molecular weight excluding hydrogens is 897 g/mol. The van der Waals surface area contributed by atoms with Crippen LogP contribution in [0.5, 0.6) is 0 Å². The molecule has 0 fully saturated rings. The number of carboxylic acid groups (broad SMARTS) is 1. The minimum Gasteiger partial charge on any atom is -0.477 e. The van der Waals surface area contributed by atoms with E-state index in [4.69, 9.17) is 20.8 Å². The molecule has 2 unspecified atom stereocenters. The van der Waals surface area contributed by atoms with Crippen molar-refractivity contribution in [2.24, 2.45) is 11.8 Å². The maximum Gasteiger partial charge on any atom is 0.343 e. The monoisotopic (exact) mass is 948 g/mol. The first-order valence-corrected chi connectivity index (χ1v) is 23.9. The quantitative estimate of drug-likeness (QED) is 0.0879. The number of aliphatic hydroxyl groups excluding tert-OH is 1. The van der Waals surface area contributed by atoms with E-state index in [1.165, 1.54) is 47.2 Å². The van der Waals surface area contributed by atoms with Crippen LogP contribution < -0.4 is 10.9 Å². The zero-order valence-electron chi connectivity index (χ0n) is 36.0. The number of hydrogen-bond donors (Lipinski definition) is 2. The fraction of sp³-hybridized carbons (Fsp3) is 0.422. The van der Waals surface area contributed by atoms with Gasteiger partial charge in [0.25, 0.3) is 0 Å². The molecule has 61 heavy (non-hydrogen) atoms. The van der Waals surface area contributed by atoms with Gasteiger partial charge in [-0.1, -0.05) is 72.2 Å². The SMILES string of the molecule is CC(C)C(CO)n1cc(C(=O)O)c(=O)c2cc(Cc3cccc(Cl)c3F)c(F)cc21.CCOC(=O)c1cn(C(CO[Si](C)(C)C(C)(C)C)C(C)C)c2cc(F)c(Br)cc2c1=O. The number of nitrogens with zero attached hydrogens (tertiary/aromatic N) is 2. The second kappa shape index (κ2) is 19.8. The Kier molecular flexibility index (Phi) is 16.1. The number of benzene rings is 3. The molecule has 5 rings (SSSR count). The molecule has 3 aromatic carbocycles. The van der Waals surface area contributed by atoms with E-state index in [2.05, 4.69) is 49.8 Å². The average molecular weight is 950 g/mol. The second-order valence-corrected chi connectivity index (χ2v) is 23.2. The molecule has 0 radical (unpaired) electrons. The fourth-order valence-corrected chi connectivity index (χ4v) is 8.12. The van der Waals surface area contributed by atoms with Gasteiger partial charge in [0.05, 0.1) is 52.4 Å². The number of hydrogen-bond acceptors (Lipinski definition) is 7. The molecule has 0 saturated carbocycles. The van der Waals surface area contributed by atoms with Gasteiger partial charge in [0.1, 0.15) is 28.6 Å². The van der Waals surface area contributed by atoms with E-state index in [9.17, 15) is 42.6 Å². The summed E-state index contributed by atoms with van der Waals surface area (Å²) in [5.41, 5.74) is -1.05. The Bertz CT molecular complexity index is 2570. The molecule has 2 aromatic heterocycles. The molecule has 0 bridgehead atoms. The predicted octanol–water partition coefficient (Wildman–Crippen LogP) is 10.7. The Balaban J connectivity index is 0.000000269. The first kappa shape index (κ1) is 49.4. The highest BCUT2D eigenvalue weighted by Crippen LogP contribution is 2.38. The molecule has 2 heterocycles. The molecule has 0 amide bonds. The van der Waals surface area contributed by atoms with Gasteiger partial charge in [-0.2, -0.15) is 0 Å². The van der Waals surface area contributed by atoms with Crippen molar-refractivity contribution in [2.75, 3.05) is 19.8 Å². The molecule has 16 heteroatoms. The Morgan fingerprint density at radius 3 is 1.93 bits per heavy atom. The number of aromatic carboxylic acids is 1. The first-order valence-electron chi connectivity index (χ1n) is 19.9. The summed E-state index contributed by atoms with van der Waals surface area (Å²) < 4.78 is 58.6. The smallest absolute Gasteiger partial charge is 0.343 e. The topological polar surface area (TPSA) is 137 Å². The standard InChI is InChI=1S/C23H33BrFNO4Si.C22H20ClF2NO4/c1-9-29-22(28)16-12-26(19-11-18(25)17(24)10-15(19)21(16)27)20(14(2)3)13-30-31(7,8)23(4,5)6;1-11(2)19(10-27)26-9-15(22(29)30)21(28)14-7-13(17(24)8-18(14)26)6-12-4-3-5-16(23)20(12)25/h10-12,14,20H,9,13H2,1-8H3;3-5,7-9,11,19,27H,6,10H2,1-2H3,(H,29,30). The zero-order chi connectivity index (χ0) is 45.9. The van der Waals surface area contributed by atoms with E-state index in [1.54, 1.807) is 11.5 Å². The summed E-state index contributed by atoms with van der Waals surface area (Å²) >= 11 is 8.94. The second-order valence-electron chi connectivity index (χ2n) is 17.1. The summed E-state index contributed by atoms with van der Waals surface area (Å²) in [6.07, 6.45) is 2.46. The Labute approximate surface area is 367 Å². The van der Waals surface area contributed by atoms with Crippen molar-refractivity contribution in [1.29, 1.82) is 0 Å². The molecule has 0 aliphatic heterocycles. The van der Waals surface area contributed by atoms with Crippen LogP contribution in [0.4, 0.5) is 13.2 Å². The average Bonchev–Trinajstić information content (AvgIpc) is 3.16. The number of esters is 1. The van der Waals surface area contributed by atoms with Crippen LogP contribution in [0.3, 0.4) is 0 Å². The van der Waals surface area contributed by atoms with Crippen LogP contribution in [0.25, 0.3) is 21.8 Å². The molecule has 2 atom stereocenters. The van der Waals surface area contributed by atoms with Crippen molar-refractivity contribution in [3.05, 3.63) is 125 Å². The van der Waals surface area contributed by atoms with Gasteiger partial charge < -0.3 is 28.5 Å². The van der Waals surface area contributed by atoms with Gasteiger partial charge >= 0.3 is 11.9 Å². The lowest BCUT2D eigenvalue weighted by Gasteiger charge is -2.38. The number of carboxylic acids is 1. The predicted molar refractivity (Wildman–Crippen MR) is 239 cm³/mol. The number of rotatable bonds is 13. The van der Waals surface area contributed by atoms with Crippen molar-refractivity contribution in [1.82, 2.24) is 9.13 Å². The van der Waals surface area contributed by atoms with Crippen LogP contribution >= 0.6 is 27.5 Å². The summed E-state index contributed by atoms with van der Waals surface area (Å²) in [7, 11) is -2.04. The lowest BCUT2D eigenvalue weighted by atomic mass is 9.99. The molecule has 2 N–H and O–H groups in total. The van der Waals surface area contributed by atoms with Gasteiger partial charge in [0, 0.05) is 29.6 Å². The van der Waals surface area contributed by atoms with Gasteiger partial charge in [0.2, 0.25) is 10.9 Å². The number of carbonyl (C=O) groups is 2. The Hall–Kier alpha value is -4.28. The fourth-order valence-electron chi connectivity index (χ4n) is 6.56. The van der Waals surface area contributed by atoms with Crippen molar-refractivity contribution in [3.8, 4) is 0 Å². The highest BCUT2D eigenvalue weighted by molar-refractivity contribution is 9.10. The summed E-state index contributed by atoms with van der Waals surface area (Å²) in [5, 5.41) is 19.4. The van der Waals surface area contributed by atoms with Crippen molar-refractivity contribution in [2.45, 2.75) is 92.0 Å². The Morgan fingerprint density at radius 1 is 0.852 bits per heavy atom. The number of fused-ring (bicyclic) bond motifs is 2. The normalized spacial score (nSPS) is 13.1. The lowest BCUT2D eigenvalue weighted by molar-refractivity contribution is 0.0522. The third-order valence-corrected chi connectivity index (χ3v) is 16.7. The molecule has 0 aliphatic carbocycles. The summed E-state index contributed by atoms with van der Waals surface area (Å²) in [5.74, 6) is -3.96. The minimum absolute atomic E-state index is 0.0205. The molecular formula is C45H53BrClF3N2O8Si. The van der Waals surface area contributed by atoms with Crippen LogP contribution in [-0.4, -0.2) is 59.4 Å². The van der Waals surface area contributed by atoms with E-state index in [1.807, 2.05) is 27.7 Å². The van der Waals surface area contributed by atoms with Gasteiger partial charge in [-0.25, -0.2) is 22.8 Å². The maximum absolute atomic E-state index is 14.9. The van der Waals surface area contributed by atoms with Crippen molar-refractivity contribution >= 4 is 69.6 Å². The van der Waals surface area contributed by atoms with Gasteiger partial charge in [-0.15, -0.1) is 0 Å². The molecule has 0 aliphatic rings. The number of pyridine rings is 2. The summed E-state index contributed by atoms with van der Waals surface area (Å²) in [6, 6.07) is 8.70. The van der Waals surface area contributed by atoms with E-state index in [0.29, 0.717) is 12.1 Å². The lowest BCUT2D eigenvalue weighted by Crippen LogP contribution is -2.42. The van der Waals surface area contributed by atoms with E-state index in [-0.39, 0.29) is 85.0 Å². The summed E-state index contributed by atoms with van der Waals surface area (Å²) in [6.45, 7) is 20.5. The Morgan fingerprint density at radius 2 is 1.39 bits per heavy atom. The number of carbonyl (C=O) groups excluding carboxylic acids is 1. The van der Waals surface area contributed by atoms with Gasteiger partial charge in [-0.3, -0.25) is 9.59 Å².